The molecule has 1 N–H and O–H groups in total. The Hall–Kier alpha value is -2.46. The third kappa shape index (κ3) is 8.03. The van der Waals surface area contributed by atoms with Crippen LogP contribution in [0, 0.1) is 11.7 Å². The van der Waals surface area contributed by atoms with E-state index >= 15 is 4.39 Å². The highest BCUT2D eigenvalue weighted by Crippen LogP contribution is 2.39. The largest absolute Gasteiger partial charge is 0.462 e. The van der Waals surface area contributed by atoms with Crippen LogP contribution in [0.15, 0.2) is 48.6 Å². The normalized spacial score (nSPS) is 17.7. The van der Waals surface area contributed by atoms with Crippen LogP contribution in [-0.2, 0) is 22.4 Å². The summed E-state index contributed by atoms with van der Waals surface area (Å²) in [6, 6.07) is 11.7. The van der Waals surface area contributed by atoms with Crippen molar-refractivity contribution in [2.45, 2.75) is 90.4 Å². The van der Waals surface area contributed by atoms with Crippen molar-refractivity contribution in [3.8, 4) is 11.1 Å². The summed E-state index contributed by atoms with van der Waals surface area (Å²) in [4.78, 5) is 11.6. The summed E-state index contributed by atoms with van der Waals surface area (Å²) in [5.74, 6) is 0.748. The first-order valence-corrected chi connectivity index (χ1v) is 13.8. The van der Waals surface area contributed by atoms with Crippen molar-refractivity contribution in [2.24, 2.45) is 5.92 Å². The van der Waals surface area contributed by atoms with E-state index in [9.17, 15) is 9.90 Å². The van der Waals surface area contributed by atoms with Crippen LogP contribution in [0.5, 0.6) is 0 Å². The SMILES string of the molecule is C=C(C)C(=O)OCCCc1cc(-c2ccc(C3CCC(CCCCC)CC3)cc2F)ccc1CCO. The predicted octanol–water partition coefficient (Wildman–Crippen LogP) is 7.93. The number of aliphatic hydroxyl groups is 1. The van der Waals surface area contributed by atoms with E-state index in [2.05, 4.69) is 19.6 Å². The second kappa shape index (κ2) is 14.3. The number of aryl methyl sites for hydroxylation is 1. The van der Waals surface area contributed by atoms with Gasteiger partial charge in [-0.05, 0) is 92.0 Å². The average Bonchev–Trinajstić information content (AvgIpc) is 2.88. The second-order valence-corrected chi connectivity index (χ2v) is 10.4. The molecule has 0 unspecified atom stereocenters. The van der Waals surface area contributed by atoms with Crippen LogP contribution in [0.2, 0.25) is 0 Å². The van der Waals surface area contributed by atoms with Gasteiger partial charge in [0.05, 0.1) is 6.61 Å². The topological polar surface area (TPSA) is 46.5 Å². The van der Waals surface area contributed by atoms with Crippen molar-refractivity contribution < 1.29 is 19.0 Å². The molecule has 1 aliphatic rings. The maximum absolute atomic E-state index is 15.3. The average molecular weight is 495 g/mol. The monoisotopic (exact) mass is 494 g/mol. The Morgan fingerprint density at radius 2 is 1.81 bits per heavy atom. The molecule has 3 nitrogen and oxygen atoms in total. The van der Waals surface area contributed by atoms with Gasteiger partial charge in [0.25, 0.3) is 0 Å². The van der Waals surface area contributed by atoms with Crippen molar-refractivity contribution in [2.75, 3.05) is 13.2 Å². The number of rotatable bonds is 13. The molecular formula is C32H43FO3. The number of aliphatic hydroxyl groups excluding tert-OH is 1. The second-order valence-electron chi connectivity index (χ2n) is 10.4. The van der Waals surface area contributed by atoms with E-state index in [1.807, 2.05) is 24.3 Å². The highest BCUT2D eigenvalue weighted by Gasteiger charge is 2.23. The number of hydrogen-bond acceptors (Lipinski definition) is 3. The summed E-state index contributed by atoms with van der Waals surface area (Å²) >= 11 is 0. The molecule has 3 rings (SSSR count). The summed E-state index contributed by atoms with van der Waals surface area (Å²) in [5.41, 5.74) is 5.06. The molecule has 4 heteroatoms. The number of unbranched alkanes of at least 4 members (excludes halogenated alkanes) is 2. The van der Waals surface area contributed by atoms with Crippen molar-refractivity contribution in [1.29, 1.82) is 0 Å². The van der Waals surface area contributed by atoms with E-state index < -0.39 is 0 Å². The fraction of sp³-hybridized carbons (Fsp3) is 0.531. The molecule has 1 fully saturated rings. The van der Waals surface area contributed by atoms with Gasteiger partial charge in [0.2, 0.25) is 0 Å². The van der Waals surface area contributed by atoms with Gasteiger partial charge in [-0.15, -0.1) is 0 Å². The summed E-state index contributed by atoms with van der Waals surface area (Å²) < 4.78 is 20.5. The molecule has 0 bridgehead atoms. The van der Waals surface area contributed by atoms with Crippen LogP contribution in [0.1, 0.15) is 94.2 Å². The Morgan fingerprint density at radius 1 is 1.03 bits per heavy atom. The lowest BCUT2D eigenvalue weighted by Crippen LogP contribution is -2.13. The molecular weight excluding hydrogens is 451 g/mol. The van der Waals surface area contributed by atoms with Gasteiger partial charge in [0.1, 0.15) is 5.82 Å². The molecule has 0 amide bonds. The lowest BCUT2D eigenvalue weighted by molar-refractivity contribution is -0.139. The van der Waals surface area contributed by atoms with Crippen LogP contribution >= 0.6 is 0 Å². The molecule has 0 aliphatic heterocycles. The standard InChI is InChI=1S/C32H43FO3/c1-4-5-6-8-24-10-12-25(13-11-24)28-16-17-30(31(33)22-28)29-15-14-26(18-19-34)27(21-29)9-7-20-36-32(35)23(2)3/h14-17,21-22,24-25,34H,2,4-13,18-20H2,1,3H3. The molecule has 2 aromatic carbocycles. The molecule has 196 valence electrons. The summed E-state index contributed by atoms with van der Waals surface area (Å²) in [6.07, 6.45) is 12.0. The first kappa shape index (κ1) is 28.1. The van der Waals surface area contributed by atoms with Gasteiger partial charge in [-0.1, -0.05) is 69.5 Å². The number of hydrogen-bond donors (Lipinski definition) is 1. The lowest BCUT2D eigenvalue weighted by Gasteiger charge is -2.29. The maximum Gasteiger partial charge on any atom is 0.333 e. The van der Waals surface area contributed by atoms with Crippen LogP contribution in [0.25, 0.3) is 11.1 Å². The molecule has 1 saturated carbocycles. The fourth-order valence-electron chi connectivity index (χ4n) is 5.43. The van der Waals surface area contributed by atoms with E-state index in [0.29, 0.717) is 42.9 Å². The summed E-state index contributed by atoms with van der Waals surface area (Å²) in [7, 11) is 0. The number of halogens is 1. The van der Waals surface area contributed by atoms with Gasteiger partial charge in [-0.3, -0.25) is 0 Å². The molecule has 0 aromatic heterocycles. The highest BCUT2D eigenvalue weighted by atomic mass is 19.1. The van der Waals surface area contributed by atoms with Gasteiger partial charge in [-0.25, -0.2) is 9.18 Å². The minimum absolute atomic E-state index is 0.0564. The molecule has 2 aromatic rings. The van der Waals surface area contributed by atoms with E-state index in [0.717, 1.165) is 41.0 Å². The zero-order chi connectivity index (χ0) is 25.9. The van der Waals surface area contributed by atoms with Crippen molar-refractivity contribution in [1.82, 2.24) is 0 Å². The number of ether oxygens (including phenoxy) is 1. The Morgan fingerprint density at radius 3 is 2.47 bits per heavy atom. The number of carbonyl (C=O) groups excluding carboxylic acids is 1. The van der Waals surface area contributed by atoms with E-state index in [-0.39, 0.29) is 18.4 Å². The van der Waals surface area contributed by atoms with Crippen LogP contribution in [-0.4, -0.2) is 24.3 Å². The number of esters is 1. The minimum atomic E-state index is -0.383. The van der Waals surface area contributed by atoms with Crippen LogP contribution < -0.4 is 0 Å². The fourth-order valence-corrected chi connectivity index (χ4v) is 5.43. The molecule has 0 saturated heterocycles. The smallest absolute Gasteiger partial charge is 0.333 e. The van der Waals surface area contributed by atoms with Crippen LogP contribution in [0.3, 0.4) is 0 Å². The minimum Gasteiger partial charge on any atom is -0.462 e. The third-order valence-corrected chi connectivity index (χ3v) is 7.60. The molecule has 1 aliphatic carbocycles. The summed E-state index contributed by atoms with van der Waals surface area (Å²) in [5, 5.41) is 9.47. The zero-order valence-electron chi connectivity index (χ0n) is 22.2. The quantitative estimate of drug-likeness (QED) is 0.175. The van der Waals surface area contributed by atoms with Gasteiger partial charge in [0.15, 0.2) is 0 Å². The molecule has 0 radical (unpaired) electrons. The first-order chi connectivity index (χ1) is 17.4. The summed E-state index contributed by atoms with van der Waals surface area (Å²) in [6.45, 7) is 7.84. The Labute approximate surface area is 216 Å². The number of benzene rings is 2. The van der Waals surface area contributed by atoms with Gasteiger partial charge in [0, 0.05) is 17.7 Å². The van der Waals surface area contributed by atoms with Crippen molar-refractivity contribution >= 4 is 5.97 Å². The van der Waals surface area contributed by atoms with Gasteiger partial charge in [-0.2, -0.15) is 0 Å². The zero-order valence-corrected chi connectivity index (χ0v) is 22.2. The van der Waals surface area contributed by atoms with Crippen molar-refractivity contribution in [3.05, 3.63) is 71.1 Å². The van der Waals surface area contributed by atoms with E-state index in [1.54, 1.807) is 13.0 Å². The molecule has 0 atom stereocenters. The maximum atomic E-state index is 15.3. The lowest BCUT2D eigenvalue weighted by atomic mass is 9.77. The van der Waals surface area contributed by atoms with Gasteiger partial charge >= 0.3 is 5.97 Å². The highest BCUT2D eigenvalue weighted by molar-refractivity contribution is 5.86. The van der Waals surface area contributed by atoms with E-state index in [4.69, 9.17) is 4.74 Å². The van der Waals surface area contributed by atoms with Crippen LogP contribution in [0.4, 0.5) is 4.39 Å². The Kier molecular flexibility index (Phi) is 11.2. The van der Waals surface area contributed by atoms with Crippen molar-refractivity contribution in [3.63, 3.8) is 0 Å². The Balaban J connectivity index is 1.66. The molecule has 0 heterocycles. The van der Waals surface area contributed by atoms with E-state index in [1.165, 1.54) is 38.5 Å². The Bertz CT molecular complexity index is 1000. The third-order valence-electron chi connectivity index (χ3n) is 7.60. The molecule has 36 heavy (non-hydrogen) atoms. The van der Waals surface area contributed by atoms with Gasteiger partial charge < -0.3 is 9.84 Å². The predicted molar refractivity (Wildman–Crippen MR) is 146 cm³/mol. The first-order valence-electron chi connectivity index (χ1n) is 13.8. The number of carbonyl (C=O) groups is 1. The molecule has 0 spiro atoms.